The molecule has 4 heteroatoms. The second kappa shape index (κ2) is 6.28. The number of nitrogens with one attached hydrogen (secondary N) is 2. The molecule has 0 amide bonds. The third-order valence-electron chi connectivity index (χ3n) is 4.00. The van der Waals surface area contributed by atoms with E-state index in [1.54, 1.807) is 6.92 Å². The first-order chi connectivity index (χ1) is 9.13. The van der Waals surface area contributed by atoms with Crippen molar-refractivity contribution in [3.63, 3.8) is 0 Å². The fraction of sp³-hybridized carbons (Fsp3) is 0.533. The van der Waals surface area contributed by atoms with Crippen LogP contribution < -0.4 is 16.4 Å². The van der Waals surface area contributed by atoms with E-state index in [1.807, 2.05) is 18.2 Å². The van der Waals surface area contributed by atoms with Crippen LogP contribution in [-0.2, 0) is 11.2 Å². The Morgan fingerprint density at radius 1 is 1.42 bits per heavy atom. The average molecular weight is 261 g/mol. The molecule has 19 heavy (non-hydrogen) atoms. The maximum absolute atomic E-state index is 11.9. The van der Waals surface area contributed by atoms with E-state index < -0.39 is 5.54 Å². The van der Waals surface area contributed by atoms with Crippen LogP contribution in [0, 0.1) is 0 Å². The van der Waals surface area contributed by atoms with Gasteiger partial charge in [0.2, 0.25) is 0 Å². The molecule has 0 radical (unpaired) electrons. The molecular weight excluding hydrogens is 238 g/mol. The summed E-state index contributed by atoms with van der Waals surface area (Å²) in [5.41, 5.74) is 6.90. The molecule has 104 valence electrons. The highest BCUT2D eigenvalue weighted by Gasteiger charge is 2.40. The minimum Gasteiger partial charge on any atom is -0.318 e. The fourth-order valence-electron chi connectivity index (χ4n) is 2.67. The van der Waals surface area contributed by atoms with Crippen molar-refractivity contribution in [3.8, 4) is 0 Å². The summed E-state index contributed by atoms with van der Waals surface area (Å²) in [5, 5.41) is 6.47. The molecule has 0 saturated carbocycles. The summed E-state index contributed by atoms with van der Waals surface area (Å²) < 4.78 is 0. The first-order valence-corrected chi connectivity index (χ1v) is 6.91. The molecule has 4 nitrogen and oxygen atoms in total. The van der Waals surface area contributed by atoms with Crippen LogP contribution in [0.3, 0.4) is 0 Å². The first-order valence-electron chi connectivity index (χ1n) is 6.91. The highest BCUT2D eigenvalue weighted by atomic mass is 16.1. The quantitative estimate of drug-likeness (QED) is 0.709. The number of ketones is 1. The number of hydrogen-bond acceptors (Lipinski definition) is 4. The van der Waals surface area contributed by atoms with Crippen molar-refractivity contribution in [3.05, 3.63) is 35.9 Å². The smallest absolute Gasteiger partial charge is 0.151 e. The maximum atomic E-state index is 11.9. The number of carbonyl (C=O) groups excluding carboxylic acids is 1. The summed E-state index contributed by atoms with van der Waals surface area (Å²) in [6.07, 6.45) is 2.61. The van der Waals surface area contributed by atoms with Crippen LogP contribution in [0.4, 0.5) is 0 Å². The molecule has 2 unspecified atom stereocenters. The molecule has 1 heterocycles. The van der Waals surface area contributed by atoms with Gasteiger partial charge in [-0.05, 0) is 31.7 Å². The Kier molecular flexibility index (Phi) is 4.69. The molecule has 0 aliphatic carbocycles. The van der Waals surface area contributed by atoms with Gasteiger partial charge in [0.05, 0.1) is 5.54 Å². The number of nitrogens with two attached hydrogens (primary N) is 1. The van der Waals surface area contributed by atoms with E-state index in [4.69, 9.17) is 5.73 Å². The van der Waals surface area contributed by atoms with Gasteiger partial charge in [-0.3, -0.25) is 10.1 Å². The van der Waals surface area contributed by atoms with E-state index in [1.165, 1.54) is 5.56 Å². The predicted molar refractivity (Wildman–Crippen MR) is 76.8 cm³/mol. The molecule has 1 aliphatic rings. The molecule has 0 aromatic heterocycles. The molecule has 1 saturated heterocycles. The lowest BCUT2D eigenvalue weighted by atomic mass is 9.82. The van der Waals surface area contributed by atoms with Crippen LogP contribution in [0.15, 0.2) is 30.3 Å². The molecule has 1 fully saturated rings. The zero-order chi connectivity index (χ0) is 13.7. The Balaban J connectivity index is 1.92. The largest absolute Gasteiger partial charge is 0.318 e. The third-order valence-corrected chi connectivity index (χ3v) is 4.00. The molecule has 2 atom stereocenters. The number of benzene rings is 1. The van der Waals surface area contributed by atoms with Crippen molar-refractivity contribution in [2.24, 2.45) is 5.73 Å². The van der Waals surface area contributed by atoms with E-state index in [0.717, 1.165) is 32.5 Å². The lowest BCUT2D eigenvalue weighted by Gasteiger charge is -2.32. The zero-order valence-electron chi connectivity index (χ0n) is 11.5. The normalized spacial score (nSPS) is 22.1. The van der Waals surface area contributed by atoms with Gasteiger partial charge in [-0.25, -0.2) is 0 Å². The van der Waals surface area contributed by atoms with Gasteiger partial charge in [0.1, 0.15) is 0 Å². The van der Waals surface area contributed by atoms with Gasteiger partial charge < -0.3 is 11.1 Å². The van der Waals surface area contributed by atoms with Gasteiger partial charge in [0, 0.05) is 19.3 Å². The van der Waals surface area contributed by atoms with Gasteiger partial charge in [0.25, 0.3) is 0 Å². The van der Waals surface area contributed by atoms with Gasteiger partial charge >= 0.3 is 0 Å². The van der Waals surface area contributed by atoms with Crippen molar-refractivity contribution in [1.82, 2.24) is 10.6 Å². The van der Waals surface area contributed by atoms with Crippen molar-refractivity contribution < 1.29 is 4.79 Å². The molecule has 0 bridgehead atoms. The van der Waals surface area contributed by atoms with Gasteiger partial charge in [-0.15, -0.1) is 0 Å². The lowest BCUT2D eigenvalue weighted by Crippen LogP contribution is -2.61. The summed E-state index contributed by atoms with van der Waals surface area (Å²) >= 11 is 0. The van der Waals surface area contributed by atoms with E-state index in [0.29, 0.717) is 0 Å². The van der Waals surface area contributed by atoms with Crippen molar-refractivity contribution >= 4 is 5.78 Å². The number of aryl methyl sites for hydroxylation is 1. The molecule has 1 aromatic carbocycles. The second-order valence-corrected chi connectivity index (χ2v) is 5.32. The maximum Gasteiger partial charge on any atom is 0.151 e. The third kappa shape index (κ3) is 3.41. The monoisotopic (exact) mass is 261 g/mol. The standard InChI is InChI=1S/C15H23N3O/c1-12(19)15(16,14-10-17-11-18-14)9-5-8-13-6-3-2-4-7-13/h2-4,6-7,14,17-18H,5,8-11,16H2,1H3. The number of Topliss-reactive ketones (excluding diaryl/α,β-unsaturated/α-hetero) is 1. The van der Waals surface area contributed by atoms with E-state index >= 15 is 0 Å². The first kappa shape index (κ1) is 14.2. The molecule has 1 aromatic rings. The summed E-state index contributed by atoms with van der Waals surface area (Å²) in [4.78, 5) is 11.9. The number of carbonyl (C=O) groups is 1. The Morgan fingerprint density at radius 3 is 2.74 bits per heavy atom. The lowest BCUT2D eigenvalue weighted by molar-refractivity contribution is -0.123. The van der Waals surface area contributed by atoms with Gasteiger partial charge in [-0.1, -0.05) is 30.3 Å². The predicted octanol–water partition coefficient (Wildman–Crippen LogP) is 0.815. The number of rotatable bonds is 6. The highest BCUT2D eigenvalue weighted by Crippen LogP contribution is 2.19. The van der Waals surface area contributed by atoms with E-state index in [-0.39, 0.29) is 11.8 Å². The number of hydrogen-bond donors (Lipinski definition) is 3. The topological polar surface area (TPSA) is 67.2 Å². The zero-order valence-corrected chi connectivity index (χ0v) is 11.5. The van der Waals surface area contributed by atoms with Crippen LogP contribution in [0.1, 0.15) is 25.3 Å². The Morgan fingerprint density at radius 2 is 2.16 bits per heavy atom. The van der Waals surface area contributed by atoms with E-state index in [9.17, 15) is 4.79 Å². The molecular formula is C15H23N3O. The minimum atomic E-state index is -0.752. The Hall–Kier alpha value is -1.23. The molecule has 0 spiro atoms. The van der Waals surface area contributed by atoms with Crippen LogP contribution >= 0.6 is 0 Å². The van der Waals surface area contributed by atoms with Crippen LogP contribution in [0.5, 0.6) is 0 Å². The Labute approximate surface area is 114 Å². The summed E-state index contributed by atoms with van der Waals surface area (Å²) in [6, 6.07) is 10.4. The second-order valence-electron chi connectivity index (χ2n) is 5.32. The van der Waals surface area contributed by atoms with E-state index in [2.05, 4.69) is 22.8 Å². The van der Waals surface area contributed by atoms with Crippen LogP contribution in [0.2, 0.25) is 0 Å². The molecule has 2 rings (SSSR count). The van der Waals surface area contributed by atoms with Crippen LogP contribution in [0.25, 0.3) is 0 Å². The van der Waals surface area contributed by atoms with Crippen molar-refractivity contribution in [1.29, 1.82) is 0 Å². The SMILES string of the molecule is CC(=O)C(N)(CCCc1ccccc1)C1CNCN1. The molecule has 4 N–H and O–H groups in total. The van der Waals surface area contributed by atoms with Gasteiger partial charge in [-0.2, -0.15) is 0 Å². The van der Waals surface area contributed by atoms with Crippen molar-refractivity contribution in [2.75, 3.05) is 13.2 Å². The Bertz CT molecular complexity index is 415. The minimum absolute atomic E-state index is 0.0424. The summed E-state index contributed by atoms with van der Waals surface area (Å²) in [5.74, 6) is 0.0711. The summed E-state index contributed by atoms with van der Waals surface area (Å²) in [7, 11) is 0. The summed E-state index contributed by atoms with van der Waals surface area (Å²) in [6.45, 7) is 3.10. The fourth-order valence-corrected chi connectivity index (χ4v) is 2.67. The molecule has 1 aliphatic heterocycles. The average Bonchev–Trinajstić information content (AvgIpc) is 2.94. The highest BCUT2D eigenvalue weighted by molar-refractivity contribution is 5.86. The van der Waals surface area contributed by atoms with Crippen LogP contribution in [-0.4, -0.2) is 30.6 Å². The van der Waals surface area contributed by atoms with Crippen molar-refractivity contribution in [2.45, 2.75) is 37.8 Å². The van der Waals surface area contributed by atoms with Gasteiger partial charge in [0.15, 0.2) is 5.78 Å².